The third-order valence-corrected chi connectivity index (χ3v) is 9.48. The van der Waals surface area contributed by atoms with Gasteiger partial charge in [0.05, 0.1) is 19.6 Å². The van der Waals surface area contributed by atoms with E-state index in [0.29, 0.717) is 17.4 Å². The lowest BCUT2D eigenvalue weighted by Gasteiger charge is -2.35. The van der Waals surface area contributed by atoms with Gasteiger partial charge in [-0.1, -0.05) is 23.7 Å². The molecular formula is C32H39ClN2O6. The number of benzene rings is 2. The highest BCUT2D eigenvalue weighted by Crippen LogP contribution is 2.42. The Morgan fingerprint density at radius 2 is 1.76 bits per heavy atom. The summed E-state index contributed by atoms with van der Waals surface area (Å²) in [4.78, 5) is 39.1. The molecule has 41 heavy (non-hydrogen) atoms. The Labute approximate surface area is 246 Å². The summed E-state index contributed by atoms with van der Waals surface area (Å²) in [6.07, 6.45) is 5.87. The largest absolute Gasteiger partial charge is 0.493 e. The van der Waals surface area contributed by atoms with Crippen molar-refractivity contribution in [1.29, 1.82) is 0 Å². The van der Waals surface area contributed by atoms with Crippen molar-refractivity contribution in [3.63, 3.8) is 0 Å². The van der Waals surface area contributed by atoms with Crippen molar-refractivity contribution in [2.75, 3.05) is 26.8 Å². The highest BCUT2D eigenvalue weighted by molar-refractivity contribution is 6.31. The van der Waals surface area contributed by atoms with Crippen LogP contribution in [-0.2, 0) is 27.3 Å². The summed E-state index contributed by atoms with van der Waals surface area (Å²) in [5, 5.41) is 10.3. The van der Waals surface area contributed by atoms with E-state index in [1.807, 2.05) is 24.3 Å². The van der Waals surface area contributed by atoms with Gasteiger partial charge in [-0.25, -0.2) is 0 Å². The average Bonchev–Trinajstić information content (AvgIpc) is 3.54. The van der Waals surface area contributed by atoms with E-state index in [0.717, 1.165) is 67.8 Å². The molecule has 1 unspecified atom stereocenters. The number of halogens is 1. The third-order valence-electron chi connectivity index (χ3n) is 9.07. The van der Waals surface area contributed by atoms with Gasteiger partial charge in [-0.2, -0.15) is 0 Å². The van der Waals surface area contributed by atoms with E-state index in [9.17, 15) is 19.5 Å². The summed E-state index contributed by atoms with van der Waals surface area (Å²) >= 11 is 6.46. The van der Waals surface area contributed by atoms with Gasteiger partial charge in [-0.05, 0) is 91.8 Å². The molecule has 0 radical (unpaired) electrons. The number of hydrogen-bond donors (Lipinski definition) is 1. The minimum atomic E-state index is -0.676. The average molecular weight is 583 g/mol. The van der Waals surface area contributed by atoms with Crippen LogP contribution in [0.25, 0.3) is 0 Å². The Hall–Kier alpha value is -3.10. The quantitative estimate of drug-likeness (QED) is 0.346. The number of methoxy groups -OCH3 is 1. The van der Waals surface area contributed by atoms with Crippen molar-refractivity contribution in [1.82, 2.24) is 9.80 Å². The van der Waals surface area contributed by atoms with Gasteiger partial charge in [0.1, 0.15) is 6.61 Å². The Morgan fingerprint density at radius 3 is 2.44 bits per heavy atom. The molecule has 2 aliphatic carbocycles. The van der Waals surface area contributed by atoms with Crippen LogP contribution < -0.4 is 9.47 Å². The summed E-state index contributed by atoms with van der Waals surface area (Å²) in [7, 11) is 1.61. The number of ether oxygens (including phenoxy) is 2. The number of carbonyl (C=O) groups is 3. The molecule has 1 heterocycles. The molecule has 1 saturated heterocycles. The molecule has 1 N–H and O–H groups in total. The Morgan fingerprint density at radius 1 is 1.02 bits per heavy atom. The predicted octanol–water partition coefficient (Wildman–Crippen LogP) is 5.57. The zero-order chi connectivity index (χ0) is 29.1. The number of hydrogen-bond acceptors (Lipinski definition) is 6. The van der Waals surface area contributed by atoms with Gasteiger partial charge < -0.3 is 14.6 Å². The number of fused-ring (bicyclic) bond motifs is 1. The zero-order valence-electron chi connectivity index (χ0n) is 23.9. The van der Waals surface area contributed by atoms with Crippen molar-refractivity contribution in [2.24, 2.45) is 11.8 Å². The van der Waals surface area contributed by atoms with Gasteiger partial charge in [0.25, 0.3) is 0 Å². The van der Waals surface area contributed by atoms with Gasteiger partial charge in [0.15, 0.2) is 11.5 Å². The maximum atomic E-state index is 11.9. The van der Waals surface area contributed by atoms with Crippen LogP contribution in [-0.4, -0.2) is 59.5 Å². The molecule has 0 bridgehead atoms. The summed E-state index contributed by atoms with van der Waals surface area (Å²) in [6, 6.07) is 10.4. The first-order chi connectivity index (χ1) is 19.7. The van der Waals surface area contributed by atoms with Crippen LogP contribution in [0.5, 0.6) is 11.5 Å². The fraction of sp³-hybridized carbons (Fsp3) is 0.531. The number of carboxylic acids is 1. The molecule has 220 valence electrons. The number of nitrogens with zero attached hydrogens (tertiary/aromatic N) is 2. The highest BCUT2D eigenvalue weighted by Gasteiger charge is 2.33. The number of carboxylic acid groups (broad SMARTS) is 1. The Kier molecular flexibility index (Phi) is 9.19. The van der Waals surface area contributed by atoms with Gasteiger partial charge >= 0.3 is 5.97 Å². The lowest BCUT2D eigenvalue weighted by molar-refractivity contribution is -0.143. The molecule has 0 aromatic heterocycles. The molecular weight excluding hydrogens is 544 g/mol. The monoisotopic (exact) mass is 582 g/mol. The first-order valence-corrected chi connectivity index (χ1v) is 15.0. The minimum absolute atomic E-state index is 0.150. The topological polar surface area (TPSA) is 96.4 Å². The van der Waals surface area contributed by atoms with Crippen molar-refractivity contribution < 1.29 is 29.0 Å². The van der Waals surface area contributed by atoms with Crippen LogP contribution in [0.4, 0.5) is 0 Å². The van der Waals surface area contributed by atoms with E-state index < -0.39 is 5.97 Å². The van der Waals surface area contributed by atoms with Crippen molar-refractivity contribution in [3.05, 3.63) is 57.6 Å². The molecule has 2 fully saturated rings. The van der Waals surface area contributed by atoms with E-state index in [2.05, 4.69) is 17.9 Å². The van der Waals surface area contributed by atoms with E-state index in [1.165, 1.54) is 16.0 Å². The van der Waals surface area contributed by atoms with Crippen LogP contribution in [0, 0.1) is 18.8 Å². The first kappa shape index (κ1) is 29.4. The van der Waals surface area contributed by atoms with Crippen LogP contribution in [0.3, 0.4) is 0 Å². The molecule has 2 amide bonds. The SMILES string of the molecule is COc1cc(CN(CC2CCC(C(=O)O)CC2)C2CCc3c2ccc(Cl)c3C)ccc1OCCN1C(=O)CCC1=O. The number of rotatable bonds is 11. The standard InChI is InChI=1S/C32H39ClN2O6/c1-20-24-9-11-27(25(24)8-10-26(20)33)34(18-21-3-6-23(7-4-21)32(38)39)19-22-5-12-28(29(17-22)40-2)41-16-15-35-30(36)13-14-31(35)37/h5,8,10,12,17,21,23,27H,3-4,6-7,9,11,13-16,18-19H2,1-2H3,(H,38,39). The normalized spacial score (nSPS) is 22.3. The zero-order valence-corrected chi connectivity index (χ0v) is 24.6. The summed E-state index contributed by atoms with van der Waals surface area (Å²) in [5.74, 6) is 0.430. The van der Waals surface area contributed by atoms with Crippen molar-refractivity contribution in [3.8, 4) is 11.5 Å². The number of carbonyl (C=O) groups excluding carboxylic acids is 2. The third kappa shape index (κ3) is 6.54. The molecule has 9 heteroatoms. The molecule has 1 aliphatic heterocycles. The van der Waals surface area contributed by atoms with Crippen LogP contribution >= 0.6 is 11.6 Å². The Bertz CT molecular complexity index is 1290. The maximum absolute atomic E-state index is 11.9. The van der Waals surface area contributed by atoms with Crippen LogP contribution in [0.1, 0.15) is 73.2 Å². The predicted molar refractivity (Wildman–Crippen MR) is 155 cm³/mol. The summed E-state index contributed by atoms with van der Waals surface area (Å²) in [6.45, 7) is 4.15. The number of amides is 2. The van der Waals surface area contributed by atoms with Crippen molar-refractivity contribution >= 4 is 29.4 Å². The van der Waals surface area contributed by atoms with Crippen LogP contribution in [0.15, 0.2) is 30.3 Å². The van der Waals surface area contributed by atoms with Gasteiger partial charge in [-0.3, -0.25) is 24.2 Å². The smallest absolute Gasteiger partial charge is 0.306 e. The molecule has 2 aromatic rings. The van der Waals surface area contributed by atoms with E-state index in [4.69, 9.17) is 21.1 Å². The molecule has 2 aromatic carbocycles. The van der Waals surface area contributed by atoms with E-state index in [1.54, 1.807) is 7.11 Å². The molecule has 3 aliphatic rings. The first-order valence-electron chi connectivity index (χ1n) is 14.6. The maximum Gasteiger partial charge on any atom is 0.306 e. The van der Waals surface area contributed by atoms with E-state index >= 15 is 0 Å². The molecule has 1 atom stereocenters. The van der Waals surface area contributed by atoms with E-state index in [-0.39, 0.29) is 49.8 Å². The lowest BCUT2D eigenvalue weighted by atomic mass is 9.81. The second kappa shape index (κ2) is 12.8. The number of imide groups is 1. The minimum Gasteiger partial charge on any atom is -0.493 e. The van der Waals surface area contributed by atoms with Crippen molar-refractivity contribution in [2.45, 2.75) is 70.9 Å². The fourth-order valence-electron chi connectivity index (χ4n) is 6.72. The Balaban J connectivity index is 1.31. The highest BCUT2D eigenvalue weighted by atomic mass is 35.5. The van der Waals surface area contributed by atoms with Gasteiger partial charge in [0.2, 0.25) is 11.8 Å². The fourth-order valence-corrected chi connectivity index (χ4v) is 6.89. The van der Waals surface area contributed by atoms with Gasteiger partial charge in [0, 0.05) is 37.0 Å². The summed E-state index contributed by atoms with van der Waals surface area (Å²) < 4.78 is 11.6. The molecule has 1 saturated carbocycles. The second-order valence-corrected chi connectivity index (χ2v) is 12.0. The lowest BCUT2D eigenvalue weighted by Crippen LogP contribution is -2.34. The molecule has 8 nitrogen and oxygen atoms in total. The van der Waals surface area contributed by atoms with Gasteiger partial charge in [-0.15, -0.1) is 0 Å². The molecule has 5 rings (SSSR count). The summed E-state index contributed by atoms with van der Waals surface area (Å²) in [5.41, 5.74) is 4.94. The number of aliphatic carboxylic acids is 1. The number of likely N-dealkylation sites (tertiary alicyclic amines) is 1. The second-order valence-electron chi connectivity index (χ2n) is 11.6. The van der Waals surface area contributed by atoms with Crippen LogP contribution in [0.2, 0.25) is 5.02 Å². The molecule has 0 spiro atoms.